The molecule has 38 heavy (non-hydrogen) atoms. The number of nitrogens with one attached hydrogen (secondary N) is 1. The zero-order valence-corrected chi connectivity index (χ0v) is 20.7. The molecule has 8 nitrogen and oxygen atoms in total. The predicted molar refractivity (Wildman–Crippen MR) is 136 cm³/mol. The Hall–Kier alpha value is -4.18. The molecule has 1 fully saturated rings. The van der Waals surface area contributed by atoms with Crippen LogP contribution < -0.4 is 10.1 Å². The van der Waals surface area contributed by atoms with Crippen molar-refractivity contribution in [3.05, 3.63) is 95.0 Å². The van der Waals surface area contributed by atoms with E-state index in [1.54, 1.807) is 17.0 Å². The van der Waals surface area contributed by atoms with Crippen LogP contribution in [0.25, 0.3) is 11.0 Å². The summed E-state index contributed by atoms with van der Waals surface area (Å²) in [4.78, 5) is 40.7. The number of pyridine rings is 1. The molecule has 0 aliphatic carbocycles. The molecule has 0 unspecified atom stereocenters. The Morgan fingerprint density at radius 3 is 2.61 bits per heavy atom. The highest BCUT2D eigenvalue weighted by atomic mass is 35.5. The largest absolute Gasteiger partial charge is 0.432 e. The van der Waals surface area contributed by atoms with E-state index in [1.165, 1.54) is 30.7 Å². The quantitative estimate of drug-likeness (QED) is 0.383. The van der Waals surface area contributed by atoms with E-state index in [4.69, 9.17) is 11.6 Å². The molecule has 4 aromatic rings. The van der Waals surface area contributed by atoms with Crippen molar-refractivity contribution in [1.29, 1.82) is 0 Å². The van der Waals surface area contributed by atoms with Crippen molar-refractivity contribution in [2.75, 3.05) is 13.1 Å². The number of amides is 2. The van der Waals surface area contributed by atoms with Gasteiger partial charge in [-0.1, -0.05) is 41.9 Å². The van der Waals surface area contributed by atoms with E-state index in [2.05, 4.69) is 25.0 Å². The number of rotatable bonds is 6. The summed E-state index contributed by atoms with van der Waals surface area (Å²) in [5.74, 6) is -1.42. The molecule has 1 N–H and O–H groups in total. The van der Waals surface area contributed by atoms with Gasteiger partial charge in [-0.15, -0.1) is 0 Å². The highest BCUT2D eigenvalue weighted by Gasteiger charge is 2.35. The lowest BCUT2D eigenvalue weighted by atomic mass is 9.85. The highest BCUT2D eigenvalue weighted by molar-refractivity contribution is 6.35. The maximum atomic E-state index is 13.5. The fraction of sp³-hybridized carbons (Fsp3) is 0.222. The molecule has 2 aromatic carbocycles. The van der Waals surface area contributed by atoms with Gasteiger partial charge in [-0.25, -0.2) is 4.98 Å². The number of piperidine rings is 1. The van der Waals surface area contributed by atoms with Gasteiger partial charge >= 0.3 is 6.61 Å². The van der Waals surface area contributed by atoms with Crippen molar-refractivity contribution in [1.82, 2.24) is 25.2 Å². The zero-order chi connectivity index (χ0) is 26.6. The van der Waals surface area contributed by atoms with Gasteiger partial charge in [-0.2, -0.15) is 8.78 Å². The molecule has 1 saturated heterocycles. The molecular formula is C27H22ClF2N5O3. The summed E-state index contributed by atoms with van der Waals surface area (Å²) in [6.07, 6.45) is 4.83. The van der Waals surface area contributed by atoms with Crippen molar-refractivity contribution >= 4 is 34.4 Å². The predicted octanol–water partition coefficient (Wildman–Crippen LogP) is 4.71. The summed E-state index contributed by atoms with van der Waals surface area (Å²) in [5.41, 5.74) is 2.11. The number of benzene rings is 2. The summed E-state index contributed by atoms with van der Waals surface area (Å²) in [6.45, 7) is -2.43. The molecule has 0 bridgehead atoms. The van der Waals surface area contributed by atoms with E-state index >= 15 is 0 Å². The first kappa shape index (κ1) is 25.5. The number of hydrogen-bond donors (Lipinski definition) is 1. The van der Waals surface area contributed by atoms with Crippen molar-refractivity contribution in [2.24, 2.45) is 0 Å². The summed E-state index contributed by atoms with van der Waals surface area (Å²) in [7, 11) is 0. The van der Waals surface area contributed by atoms with Gasteiger partial charge in [0, 0.05) is 49.2 Å². The maximum Gasteiger partial charge on any atom is 0.387 e. The molecular weight excluding hydrogens is 516 g/mol. The molecule has 2 aromatic heterocycles. The highest BCUT2D eigenvalue weighted by Crippen LogP contribution is 2.30. The number of aromatic nitrogens is 3. The third-order valence-corrected chi connectivity index (χ3v) is 6.71. The fourth-order valence-corrected chi connectivity index (χ4v) is 4.94. The third kappa shape index (κ3) is 5.40. The molecule has 0 saturated carbocycles. The normalized spacial score (nSPS) is 17.4. The van der Waals surface area contributed by atoms with Gasteiger partial charge in [0.05, 0.1) is 10.5 Å². The second-order valence-corrected chi connectivity index (χ2v) is 9.15. The number of halogens is 3. The smallest absolute Gasteiger partial charge is 0.387 e. The Morgan fingerprint density at radius 2 is 1.82 bits per heavy atom. The van der Waals surface area contributed by atoms with Crippen molar-refractivity contribution in [3.8, 4) is 5.75 Å². The van der Waals surface area contributed by atoms with E-state index in [0.717, 1.165) is 5.56 Å². The zero-order valence-electron chi connectivity index (χ0n) is 19.9. The molecule has 0 radical (unpaired) electrons. The van der Waals surface area contributed by atoms with Crippen LogP contribution in [0.15, 0.2) is 73.2 Å². The number of carbonyl (C=O) groups is 2. The van der Waals surface area contributed by atoms with Gasteiger partial charge in [-0.05, 0) is 36.2 Å². The Bertz CT molecular complexity index is 1470. The van der Waals surface area contributed by atoms with Crippen LogP contribution in [0, 0.1) is 0 Å². The molecule has 1 aliphatic rings. The molecule has 2 amide bonds. The first-order chi connectivity index (χ1) is 18.4. The summed E-state index contributed by atoms with van der Waals surface area (Å²) >= 11 is 6.37. The first-order valence-electron chi connectivity index (χ1n) is 11.9. The van der Waals surface area contributed by atoms with Gasteiger partial charge in [-0.3, -0.25) is 19.6 Å². The summed E-state index contributed by atoms with van der Waals surface area (Å²) < 4.78 is 30.2. The van der Waals surface area contributed by atoms with Crippen LogP contribution in [0.3, 0.4) is 0 Å². The van der Waals surface area contributed by atoms with Gasteiger partial charge in [0.25, 0.3) is 11.8 Å². The summed E-state index contributed by atoms with van der Waals surface area (Å²) in [6, 6.07) is 15.0. The Labute approximate surface area is 221 Å². The van der Waals surface area contributed by atoms with Crippen LogP contribution in [0.1, 0.15) is 38.7 Å². The van der Waals surface area contributed by atoms with Crippen LogP contribution in [0.5, 0.6) is 5.75 Å². The fourth-order valence-electron chi connectivity index (χ4n) is 4.67. The van der Waals surface area contributed by atoms with E-state index < -0.39 is 12.5 Å². The Kier molecular flexibility index (Phi) is 7.41. The van der Waals surface area contributed by atoms with Crippen molar-refractivity contribution < 1.29 is 23.1 Å². The third-order valence-electron chi connectivity index (χ3n) is 6.42. The van der Waals surface area contributed by atoms with E-state index in [0.29, 0.717) is 41.1 Å². The Balaban J connectivity index is 1.39. The Morgan fingerprint density at radius 1 is 1.03 bits per heavy atom. The number of fused-ring (bicyclic) bond motifs is 1. The second-order valence-electron chi connectivity index (χ2n) is 8.75. The minimum atomic E-state index is -3.09. The maximum absolute atomic E-state index is 13.5. The number of likely N-dealkylation sites (tertiary alicyclic amines) is 1. The lowest BCUT2D eigenvalue weighted by molar-refractivity contribution is -0.0504. The molecule has 194 valence electrons. The lowest BCUT2D eigenvalue weighted by Crippen LogP contribution is -2.51. The SMILES string of the molecule is O=C(N[C@@H]1CCN(C(=O)c2cc(Cl)c3nccnc3c2)C[C@@H]1c1ccccc1)c1ncccc1OC(F)F. The molecule has 3 heterocycles. The monoisotopic (exact) mass is 537 g/mol. The minimum absolute atomic E-state index is 0.220. The number of hydrogen-bond acceptors (Lipinski definition) is 6. The van der Waals surface area contributed by atoms with Crippen LogP contribution >= 0.6 is 11.6 Å². The van der Waals surface area contributed by atoms with Crippen molar-refractivity contribution in [2.45, 2.75) is 25.0 Å². The summed E-state index contributed by atoms with van der Waals surface area (Å²) in [5, 5.41) is 3.26. The first-order valence-corrected chi connectivity index (χ1v) is 12.2. The molecule has 0 spiro atoms. The molecule has 5 rings (SSSR count). The minimum Gasteiger partial charge on any atom is -0.432 e. The average Bonchev–Trinajstić information content (AvgIpc) is 2.93. The molecule has 2 atom stereocenters. The second kappa shape index (κ2) is 11.1. The lowest BCUT2D eigenvalue weighted by Gasteiger charge is -2.39. The number of ether oxygens (including phenoxy) is 1. The van der Waals surface area contributed by atoms with Crippen LogP contribution in [0.4, 0.5) is 8.78 Å². The molecule has 11 heteroatoms. The number of carbonyl (C=O) groups excluding carboxylic acids is 2. The van der Waals surface area contributed by atoms with Gasteiger partial charge in [0.2, 0.25) is 0 Å². The molecule has 1 aliphatic heterocycles. The van der Waals surface area contributed by atoms with Crippen molar-refractivity contribution in [3.63, 3.8) is 0 Å². The van der Waals surface area contributed by atoms with E-state index in [-0.39, 0.29) is 29.3 Å². The topological polar surface area (TPSA) is 97.3 Å². The number of alkyl halides is 2. The van der Waals surface area contributed by atoms with E-state index in [1.807, 2.05) is 30.3 Å². The van der Waals surface area contributed by atoms with Gasteiger partial charge in [0.15, 0.2) is 11.4 Å². The van der Waals surface area contributed by atoms with Crippen LogP contribution in [0.2, 0.25) is 5.02 Å². The van der Waals surface area contributed by atoms with Gasteiger partial charge < -0.3 is 15.0 Å². The van der Waals surface area contributed by atoms with Crippen LogP contribution in [-0.4, -0.2) is 57.4 Å². The van der Waals surface area contributed by atoms with Gasteiger partial charge in [0.1, 0.15) is 5.52 Å². The average molecular weight is 538 g/mol. The number of nitrogens with zero attached hydrogens (tertiary/aromatic N) is 4. The van der Waals surface area contributed by atoms with Crippen LogP contribution in [-0.2, 0) is 0 Å². The van der Waals surface area contributed by atoms with E-state index in [9.17, 15) is 18.4 Å². The standard InChI is InChI=1S/C27H22ClF2N5O3/c28-19-13-17(14-21-23(19)33-11-10-31-21)26(37)35-12-8-20(18(15-35)16-5-2-1-3-6-16)34-25(36)24-22(38-27(29)30)7-4-9-32-24/h1-7,9-11,13-14,18,20,27H,8,12,15H2,(H,34,36)/t18-,20-/m1/s1.